The highest BCUT2D eigenvalue weighted by atomic mass is 16.7. The summed E-state index contributed by atoms with van der Waals surface area (Å²) in [6, 6.07) is 6.38. The van der Waals surface area contributed by atoms with E-state index < -0.39 is 6.03 Å². The Morgan fingerprint density at radius 2 is 1.97 bits per heavy atom. The van der Waals surface area contributed by atoms with E-state index in [-0.39, 0.29) is 18.3 Å². The number of rotatable bonds is 3. The molecule has 2 aliphatic rings. The van der Waals surface area contributed by atoms with Gasteiger partial charge in [0.15, 0.2) is 11.5 Å². The number of carbonyl (C=O) groups is 1. The monoisotopic (exact) mass is 408 g/mol. The van der Waals surface area contributed by atoms with E-state index in [1.165, 1.54) is 4.68 Å². The van der Waals surface area contributed by atoms with Crippen LogP contribution in [0.4, 0.5) is 16.3 Å². The number of hydrogen-bond acceptors (Lipinski definition) is 6. The average molecular weight is 408 g/mol. The van der Waals surface area contributed by atoms with E-state index in [2.05, 4.69) is 25.7 Å². The largest absolute Gasteiger partial charge is 0.454 e. The van der Waals surface area contributed by atoms with Crippen molar-refractivity contribution in [2.45, 2.75) is 32.6 Å². The number of hydrogen-bond donors (Lipinski definition) is 3. The van der Waals surface area contributed by atoms with Gasteiger partial charge in [0, 0.05) is 23.4 Å². The van der Waals surface area contributed by atoms with Gasteiger partial charge in [0.25, 0.3) is 5.56 Å². The van der Waals surface area contributed by atoms with Gasteiger partial charge < -0.3 is 14.8 Å². The van der Waals surface area contributed by atoms with Gasteiger partial charge in [0.1, 0.15) is 5.82 Å². The van der Waals surface area contributed by atoms with Crippen LogP contribution >= 0.6 is 0 Å². The number of urea groups is 1. The first-order valence-electron chi connectivity index (χ1n) is 9.73. The molecule has 0 atom stereocenters. The van der Waals surface area contributed by atoms with Gasteiger partial charge >= 0.3 is 6.03 Å². The SMILES string of the molecule is Cc1cc(NC(=O)Nc2ccc3c(c2)OCO3)n(-c2nc3c(c(=O)[nH]2)CCCC3)n1. The maximum Gasteiger partial charge on any atom is 0.324 e. The van der Waals surface area contributed by atoms with Gasteiger partial charge in [-0.05, 0) is 44.7 Å². The van der Waals surface area contributed by atoms with Crippen LogP contribution in [0.5, 0.6) is 11.5 Å². The van der Waals surface area contributed by atoms with Crippen LogP contribution in [0.2, 0.25) is 0 Å². The van der Waals surface area contributed by atoms with Crippen molar-refractivity contribution in [3.63, 3.8) is 0 Å². The van der Waals surface area contributed by atoms with Crippen molar-refractivity contribution in [3.05, 3.63) is 51.6 Å². The molecule has 0 unspecified atom stereocenters. The molecule has 10 heteroatoms. The molecule has 1 aromatic carbocycles. The Hall–Kier alpha value is -3.82. The number of nitrogens with zero attached hydrogens (tertiary/aromatic N) is 3. The second-order valence-electron chi connectivity index (χ2n) is 7.25. The molecule has 30 heavy (non-hydrogen) atoms. The Bertz CT molecular complexity index is 1200. The zero-order chi connectivity index (χ0) is 20.7. The molecule has 1 aliphatic heterocycles. The number of anilines is 2. The fourth-order valence-corrected chi connectivity index (χ4v) is 3.69. The number of aromatic amines is 1. The molecule has 0 radical (unpaired) electrons. The third-order valence-corrected chi connectivity index (χ3v) is 5.08. The molecule has 154 valence electrons. The number of H-pyrrole nitrogens is 1. The predicted octanol–water partition coefficient (Wildman–Crippen LogP) is 2.52. The molecular formula is C20H20N6O4. The first kappa shape index (κ1) is 18.2. The van der Waals surface area contributed by atoms with Gasteiger partial charge in [-0.25, -0.2) is 9.78 Å². The maximum absolute atomic E-state index is 12.5. The number of aryl methyl sites for hydroxylation is 2. The summed E-state index contributed by atoms with van der Waals surface area (Å²) in [4.78, 5) is 32.4. The van der Waals surface area contributed by atoms with E-state index in [0.717, 1.165) is 36.9 Å². The number of nitrogens with one attached hydrogen (secondary N) is 3. The van der Waals surface area contributed by atoms with Crippen molar-refractivity contribution in [3.8, 4) is 17.4 Å². The van der Waals surface area contributed by atoms with Crippen LogP contribution < -0.4 is 25.7 Å². The summed E-state index contributed by atoms with van der Waals surface area (Å²) in [5.74, 6) is 1.89. The van der Waals surface area contributed by atoms with Crippen molar-refractivity contribution in [2.24, 2.45) is 0 Å². The number of ether oxygens (including phenoxy) is 2. The van der Waals surface area contributed by atoms with Gasteiger partial charge in [-0.3, -0.25) is 15.1 Å². The molecule has 3 heterocycles. The molecule has 2 amide bonds. The molecule has 0 saturated carbocycles. The van der Waals surface area contributed by atoms with E-state index in [0.29, 0.717) is 28.7 Å². The van der Waals surface area contributed by atoms with Crippen LogP contribution in [0.15, 0.2) is 29.1 Å². The first-order chi connectivity index (χ1) is 14.6. The summed E-state index contributed by atoms with van der Waals surface area (Å²) in [7, 11) is 0. The topological polar surface area (TPSA) is 123 Å². The Morgan fingerprint density at radius 3 is 2.87 bits per heavy atom. The van der Waals surface area contributed by atoms with Gasteiger partial charge in [0.05, 0.1) is 11.4 Å². The van der Waals surface area contributed by atoms with Crippen LogP contribution in [-0.4, -0.2) is 32.6 Å². The van der Waals surface area contributed by atoms with Crippen molar-refractivity contribution in [1.82, 2.24) is 19.7 Å². The van der Waals surface area contributed by atoms with Crippen molar-refractivity contribution in [1.29, 1.82) is 0 Å². The van der Waals surface area contributed by atoms with Crippen LogP contribution in [0, 0.1) is 6.92 Å². The summed E-state index contributed by atoms with van der Waals surface area (Å²) in [5, 5.41) is 9.90. The number of amides is 2. The molecule has 0 spiro atoms. The lowest BCUT2D eigenvalue weighted by Crippen LogP contribution is -2.25. The molecular weight excluding hydrogens is 388 g/mol. The van der Waals surface area contributed by atoms with Crippen LogP contribution in [0.3, 0.4) is 0 Å². The zero-order valence-corrected chi connectivity index (χ0v) is 16.3. The van der Waals surface area contributed by atoms with Gasteiger partial charge in [0.2, 0.25) is 12.7 Å². The molecule has 0 saturated heterocycles. The standard InChI is InChI=1S/C20H20N6O4/c1-11-8-17(23-20(28)21-12-6-7-15-16(9-12)30-10-29-15)26(25-11)19-22-14-5-3-2-4-13(14)18(27)24-19/h6-9H,2-5,10H2,1H3,(H2,21,23,28)(H,22,24,27). The minimum Gasteiger partial charge on any atom is -0.454 e. The Labute approximate surface area is 171 Å². The second-order valence-corrected chi connectivity index (χ2v) is 7.25. The Morgan fingerprint density at radius 1 is 1.13 bits per heavy atom. The molecule has 3 N–H and O–H groups in total. The summed E-state index contributed by atoms with van der Waals surface area (Å²) < 4.78 is 12.0. The van der Waals surface area contributed by atoms with Crippen LogP contribution in [0.25, 0.3) is 5.95 Å². The van der Waals surface area contributed by atoms with Crippen LogP contribution in [-0.2, 0) is 12.8 Å². The minimum atomic E-state index is -0.463. The summed E-state index contributed by atoms with van der Waals surface area (Å²) >= 11 is 0. The zero-order valence-electron chi connectivity index (χ0n) is 16.3. The van der Waals surface area contributed by atoms with Gasteiger partial charge in [-0.2, -0.15) is 9.78 Å². The number of benzene rings is 1. The lowest BCUT2D eigenvalue weighted by atomic mass is 9.97. The minimum absolute atomic E-state index is 0.154. The smallest absolute Gasteiger partial charge is 0.324 e. The third kappa shape index (κ3) is 3.36. The molecule has 0 bridgehead atoms. The van der Waals surface area contributed by atoms with Crippen molar-refractivity contribution < 1.29 is 14.3 Å². The molecule has 1 aliphatic carbocycles. The summed E-state index contributed by atoms with van der Waals surface area (Å²) in [5.41, 5.74) is 2.61. The normalized spacial score (nSPS) is 14.3. The van der Waals surface area contributed by atoms with E-state index in [1.807, 2.05) is 0 Å². The Balaban J connectivity index is 1.39. The second kappa shape index (κ2) is 7.21. The van der Waals surface area contributed by atoms with Crippen molar-refractivity contribution in [2.75, 3.05) is 17.4 Å². The number of fused-ring (bicyclic) bond motifs is 2. The summed E-state index contributed by atoms with van der Waals surface area (Å²) in [6.45, 7) is 1.96. The van der Waals surface area contributed by atoms with E-state index in [1.54, 1.807) is 31.2 Å². The number of aromatic nitrogens is 4. The van der Waals surface area contributed by atoms with E-state index in [9.17, 15) is 9.59 Å². The fourth-order valence-electron chi connectivity index (χ4n) is 3.69. The average Bonchev–Trinajstić information content (AvgIpc) is 3.33. The highest BCUT2D eigenvalue weighted by Gasteiger charge is 2.19. The fraction of sp³-hybridized carbons (Fsp3) is 0.300. The van der Waals surface area contributed by atoms with Crippen molar-refractivity contribution >= 4 is 17.5 Å². The third-order valence-electron chi connectivity index (χ3n) is 5.08. The lowest BCUT2D eigenvalue weighted by molar-refractivity contribution is 0.174. The highest BCUT2D eigenvalue weighted by Crippen LogP contribution is 2.34. The van der Waals surface area contributed by atoms with Crippen LogP contribution in [0.1, 0.15) is 29.8 Å². The highest BCUT2D eigenvalue weighted by molar-refractivity contribution is 5.99. The molecule has 2 aromatic heterocycles. The molecule has 5 rings (SSSR count). The molecule has 0 fully saturated rings. The predicted molar refractivity (Wildman–Crippen MR) is 109 cm³/mol. The quantitative estimate of drug-likeness (QED) is 0.612. The lowest BCUT2D eigenvalue weighted by Gasteiger charge is -2.15. The first-order valence-corrected chi connectivity index (χ1v) is 9.73. The maximum atomic E-state index is 12.5. The molecule has 10 nitrogen and oxygen atoms in total. The number of carbonyl (C=O) groups excluding carboxylic acids is 1. The molecule has 3 aromatic rings. The summed E-state index contributed by atoms with van der Waals surface area (Å²) in [6.07, 6.45) is 3.49. The van der Waals surface area contributed by atoms with Gasteiger partial charge in [-0.1, -0.05) is 0 Å². The van der Waals surface area contributed by atoms with E-state index in [4.69, 9.17) is 9.47 Å². The Kier molecular flexibility index (Phi) is 4.38. The van der Waals surface area contributed by atoms with Gasteiger partial charge in [-0.15, -0.1) is 0 Å². The van der Waals surface area contributed by atoms with E-state index >= 15 is 0 Å².